The second-order valence-electron chi connectivity index (χ2n) is 2.67. The first-order valence-corrected chi connectivity index (χ1v) is 4.20. The highest BCUT2D eigenvalue weighted by atomic mass is 15.3. The van der Waals surface area contributed by atoms with E-state index in [0.29, 0.717) is 5.96 Å². The van der Waals surface area contributed by atoms with Crippen LogP contribution in [0.3, 0.4) is 0 Å². The van der Waals surface area contributed by atoms with Gasteiger partial charge < -0.3 is 5.32 Å². The molecule has 0 spiro atoms. The van der Waals surface area contributed by atoms with E-state index in [1.807, 2.05) is 30.3 Å². The van der Waals surface area contributed by atoms with Gasteiger partial charge in [0.15, 0.2) is 0 Å². The molecule has 13 heavy (non-hydrogen) atoms. The normalized spacial score (nSPS) is 15.8. The van der Waals surface area contributed by atoms with E-state index in [1.54, 1.807) is 0 Å². The largest absolute Gasteiger partial charge is 0.351 e. The first-order chi connectivity index (χ1) is 6.45. The summed E-state index contributed by atoms with van der Waals surface area (Å²) in [5.74, 6) is 0.629. The van der Waals surface area contributed by atoms with Crippen molar-refractivity contribution in [2.45, 2.75) is 0 Å². The van der Waals surface area contributed by atoms with E-state index in [-0.39, 0.29) is 0 Å². The molecule has 0 saturated carbocycles. The first kappa shape index (κ1) is 7.91. The summed E-state index contributed by atoms with van der Waals surface area (Å²) in [5, 5.41) is 11.0. The fraction of sp³-hybridized carbons (Fsp3) is 0.222. The lowest BCUT2D eigenvalue weighted by molar-refractivity contribution is 0.953. The summed E-state index contributed by atoms with van der Waals surface area (Å²) in [6.45, 7) is 1.66. The Morgan fingerprint density at radius 3 is 2.69 bits per heavy atom. The summed E-state index contributed by atoms with van der Waals surface area (Å²) in [4.78, 5) is 4.10. The zero-order valence-corrected chi connectivity index (χ0v) is 7.14. The number of nitrogens with one attached hydrogen (secondary N) is 1. The molecular weight excluding hydrogens is 164 g/mol. The molecule has 0 unspecified atom stereocenters. The molecule has 0 amide bonds. The molecule has 0 radical (unpaired) electrons. The summed E-state index contributed by atoms with van der Waals surface area (Å²) in [6.07, 6.45) is 0. The second kappa shape index (κ2) is 3.80. The fourth-order valence-corrected chi connectivity index (χ4v) is 1.05. The van der Waals surface area contributed by atoms with Crippen LogP contribution >= 0.6 is 0 Å². The molecule has 1 aromatic carbocycles. The number of azo groups is 1. The Labute approximate surface area is 76.4 Å². The highest BCUT2D eigenvalue weighted by Gasteiger charge is 2.01. The summed E-state index contributed by atoms with van der Waals surface area (Å²) >= 11 is 0. The summed E-state index contributed by atoms with van der Waals surface area (Å²) in [5.41, 5.74) is 0.846. The summed E-state index contributed by atoms with van der Waals surface area (Å²) < 4.78 is 0. The van der Waals surface area contributed by atoms with Gasteiger partial charge >= 0.3 is 0 Å². The van der Waals surface area contributed by atoms with Crippen molar-refractivity contribution in [3.05, 3.63) is 30.3 Å². The molecular formula is C9H10N4. The van der Waals surface area contributed by atoms with Gasteiger partial charge in [-0.15, -0.1) is 10.2 Å². The van der Waals surface area contributed by atoms with Crippen molar-refractivity contribution in [1.82, 2.24) is 5.32 Å². The van der Waals surface area contributed by atoms with Crippen LogP contribution in [0.1, 0.15) is 0 Å². The molecule has 4 heteroatoms. The number of aliphatic imine (C=N–C) groups is 1. The van der Waals surface area contributed by atoms with Crippen molar-refractivity contribution in [1.29, 1.82) is 0 Å². The predicted octanol–water partition coefficient (Wildman–Crippen LogP) is 1.73. The van der Waals surface area contributed by atoms with Crippen LogP contribution < -0.4 is 5.32 Å². The smallest absolute Gasteiger partial charge is 0.238 e. The molecule has 4 nitrogen and oxygen atoms in total. The third-order valence-corrected chi connectivity index (χ3v) is 1.67. The van der Waals surface area contributed by atoms with Gasteiger partial charge in [-0.05, 0) is 12.1 Å². The van der Waals surface area contributed by atoms with Gasteiger partial charge in [-0.25, -0.2) is 4.99 Å². The minimum absolute atomic E-state index is 0.629. The number of guanidine groups is 1. The molecule has 0 saturated heterocycles. The third kappa shape index (κ3) is 2.11. The van der Waals surface area contributed by atoms with Crippen molar-refractivity contribution >= 4 is 11.6 Å². The van der Waals surface area contributed by atoms with E-state index in [1.165, 1.54) is 0 Å². The molecule has 1 N–H and O–H groups in total. The minimum atomic E-state index is 0.629. The molecule has 1 aromatic rings. The minimum Gasteiger partial charge on any atom is -0.351 e. The lowest BCUT2D eigenvalue weighted by atomic mass is 10.3. The van der Waals surface area contributed by atoms with Crippen LogP contribution in [0.4, 0.5) is 5.69 Å². The van der Waals surface area contributed by atoms with Crippen LogP contribution in [-0.2, 0) is 0 Å². The predicted molar refractivity (Wildman–Crippen MR) is 51.3 cm³/mol. The van der Waals surface area contributed by atoms with E-state index >= 15 is 0 Å². The number of benzene rings is 1. The number of rotatable bonds is 1. The molecule has 0 aliphatic carbocycles. The van der Waals surface area contributed by atoms with Crippen molar-refractivity contribution in [2.75, 3.05) is 13.1 Å². The molecule has 1 aliphatic heterocycles. The van der Waals surface area contributed by atoms with Crippen LogP contribution in [0.15, 0.2) is 45.6 Å². The van der Waals surface area contributed by atoms with Gasteiger partial charge in [0.2, 0.25) is 5.96 Å². The van der Waals surface area contributed by atoms with Crippen LogP contribution in [0.2, 0.25) is 0 Å². The van der Waals surface area contributed by atoms with Crippen molar-refractivity contribution < 1.29 is 0 Å². The summed E-state index contributed by atoms with van der Waals surface area (Å²) in [7, 11) is 0. The molecule has 1 aliphatic rings. The average molecular weight is 174 g/mol. The van der Waals surface area contributed by atoms with E-state index in [2.05, 4.69) is 20.5 Å². The van der Waals surface area contributed by atoms with Gasteiger partial charge in [0.05, 0.1) is 12.2 Å². The van der Waals surface area contributed by atoms with Gasteiger partial charge in [0, 0.05) is 6.54 Å². The molecule has 66 valence electrons. The average Bonchev–Trinajstić information content (AvgIpc) is 2.69. The van der Waals surface area contributed by atoms with Crippen molar-refractivity contribution in [3.63, 3.8) is 0 Å². The Bertz CT molecular complexity index is 329. The number of hydrogen-bond acceptors (Lipinski definition) is 4. The highest BCUT2D eigenvalue weighted by Crippen LogP contribution is 2.10. The van der Waals surface area contributed by atoms with Crippen LogP contribution in [0.5, 0.6) is 0 Å². The van der Waals surface area contributed by atoms with Crippen LogP contribution in [-0.4, -0.2) is 19.0 Å². The van der Waals surface area contributed by atoms with Crippen molar-refractivity contribution in [3.8, 4) is 0 Å². The lowest BCUT2D eigenvalue weighted by Crippen LogP contribution is -2.15. The van der Waals surface area contributed by atoms with E-state index in [0.717, 1.165) is 18.8 Å². The maximum atomic E-state index is 4.10. The molecule has 2 rings (SSSR count). The Kier molecular flexibility index (Phi) is 2.31. The lowest BCUT2D eigenvalue weighted by Gasteiger charge is -1.91. The summed E-state index contributed by atoms with van der Waals surface area (Å²) in [6, 6.07) is 9.61. The quantitative estimate of drug-likeness (QED) is 0.647. The van der Waals surface area contributed by atoms with Gasteiger partial charge in [-0.3, -0.25) is 0 Å². The van der Waals surface area contributed by atoms with Crippen molar-refractivity contribution in [2.24, 2.45) is 15.2 Å². The van der Waals surface area contributed by atoms with Crippen LogP contribution in [0.25, 0.3) is 0 Å². The number of nitrogens with zero attached hydrogens (tertiary/aromatic N) is 3. The molecule has 0 fully saturated rings. The highest BCUT2D eigenvalue weighted by molar-refractivity contribution is 5.81. The maximum absolute atomic E-state index is 4.10. The fourth-order valence-electron chi connectivity index (χ4n) is 1.05. The van der Waals surface area contributed by atoms with E-state index < -0.39 is 0 Å². The van der Waals surface area contributed by atoms with Gasteiger partial charge in [0.1, 0.15) is 0 Å². The standard InChI is InChI=1S/C9H10N4/c1-2-4-8(5-3-1)12-13-9-10-6-7-11-9/h1-5H,6-7H2,(H,10,11)/b13-12+. The zero-order valence-electron chi connectivity index (χ0n) is 7.14. The molecule has 0 bridgehead atoms. The third-order valence-electron chi connectivity index (χ3n) is 1.67. The first-order valence-electron chi connectivity index (χ1n) is 4.20. The Morgan fingerprint density at radius 1 is 1.15 bits per heavy atom. The Balaban J connectivity index is 2.05. The van der Waals surface area contributed by atoms with Gasteiger partial charge in [0.25, 0.3) is 0 Å². The maximum Gasteiger partial charge on any atom is 0.238 e. The molecule has 0 aromatic heterocycles. The van der Waals surface area contributed by atoms with Crippen LogP contribution in [0, 0.1) is 0 Å². The Morgan fingerprint density at radius 2 is 2.00 bits per heavy atom. The molecule has 1 heterocycles. The SMILES string of the molecule is c1ccc(/N=N/C2=NCCN2)cc1. The zero-order chi connectivity index (χ0) is 8.93. The monoisotopic (exact) mass is 174 g/mol. The van der Waals surface area contributed by atoms with E-state index in [9.17, 15) is 0 Å². The molecule has 0 atom stereocenters. The van der Waals surface area contributed by atoms with Gasteiger partial charge in [-0.2, -0.15) is 0 Å². The van der Waals surface area contributed by atoms with E-state index in [4.69, 9.17) is 0 Å². The second-order valence-corrected chi connectivity index (χ2v) is 2.67. The van der Waals surface area contributed by atoms with Gasteiger partial charge in [-0.1, -0.05) is 18.2 Å². The Hall–Kier alpha value is -1.71. The number of hydrogen-bond donors (Lipinski definition) is 1. The topological polar surface area (TPSA) is 49.1 Å².